The number of urea groups is 1. The second kappa shape index (κ2) is 6.40. The van der Waals surface area contributed by atoms with Crippen LogP contribution in [-0.2, 0) is 4.79 Å². The highest BCUT2D eigenvalue weighted by Crippen LogP contribution is 2.43. The van der Waals surface area contributed by atoms with Gasteiger partial charge < -0.3 is 14.7 Å². The zero-order valence-electron chi connectivity index (χ0n) is 15.9. The molecular weight excluding hydrogens is 352 g/mol. The Morgan fingerprint density at radius 2 is 1.89 bits per heavy atom. The van der Waals surface area contributed by atoms with Crippen LogP contribution in [0.25, 0.3) is 0 Å². The summed E-state index contributed by atoms with van der Waals surface area (Å²) in [6.45, 7) is 5.79. The monoisotopic (exact) mass is 376 g/mol. The van der Waals surface area contributed by atoms with Crippen LogP contribution in [0.4, 0.5) is 15.3 Å². The van der Waals surface area contributed by atoms with Crippen molar-refractivity contribution in [1.82, 2.24) is 14.8 Å². The number of carbonyl (C=O) groups is 3. The van der Waals surface area contributed by atoms with Gasteiger partial charge in [0.25, 0.3) is 5.91 Å². The summed E-state index contributed by atoms with van der Waals surface area (Å²) in [7, 11) is 1.48. The summed E-state index contributed by atoms with van der Waals surface area (Å²) in [5, 5.41) is 9.25. The lowest BCUT2D eigenvalue weighted by Gasteiger charge is -2.41. The van der Waals surface area contributed by atoms with E-state index in [1.165, 1.54) is 28.0 Å². The molecule has 27 heavy (non-hydrogen) atoms. The Morgan fingerprint density at radius 3 is 2.41 bits per heavy atom. The topological polar surface area (TPSA) is 103 Å². The molecule has 3 heterocycles. The van der Waals surface area contributed by atoms with E-state index in [4.69, 9.17) is 4.74 Å². The largest absolute Gasteiger partial charge is 0.481 e. The Kier molecular flexibility index (Phi) is 4.49. The smallest absolute Gasteiger partial charge is 0.407 e. The number of carboxylic acid groups (broad SMARTS) is 1. The van der Waals surface area contributed by atoms with Gasteiger partial charge in [-0.05, 0) is 39.7 Å². The van der Waals surface area contributed by atoms with E-state index in [0.717, 1.165) is 0 Å². The number of imide groups is 1. The maximum absolute atomic E-state index is 13.4. The molecule has 146 valence electrons. The van der Waals surface area contributed by atoms with Crippen LogP contribution in [0.2, 0.25) is 0 Å². The number of hydrogen-bond acceptors (Lipinski definition) is 5. The number of hydrogen-bond donors (Lipinski definition) is 1. The molecule has 0 aromatic carbocycles. The number of amides is 4. The highest BCUT2D eigenvalue weighted by Gasteiger charge is 2.61. The normalized spacial score (nSPS) is 19.8. The van der Waals surface area contributed by atoms with Gasteiger partial charge >= 0.3 is 12.1 Å². The minimum Gasteiger partial charge on any atom is -0.481 e. The Hall–Kier alpha value is -2.84. The van der Waals surface area contributed by atoms with Crippen molar-refractivity contribution in [3.8, 4) is 5.88 Å². The van der Waals surface area contributed by atoms with Gasteiger partial charge in [0.1, 0.15) is 5.54 Å². The number of methoxy groups -OCH3 is 1. The maximum Gasteiger partial charge on any atom is 0.407 e. The van der Waals surface area contributed by atoms with Gasteiger partial charge in [-0.2, -0.15) is 0 Å². The van der Waals surface area contributed by atoms with E-state index >= 15 is 0 Å². The second-order valence-electron chi connectivity index (χ2n) is 7.79. The van der Waals surface area contributed by atoms with E-state index in [-0.39, 0.29) is 31.8 Å². The van der Waals surface area contributed by atoms with Gasteiger partial charge in [0, 0.05) is 30.9 Å². The van der Waals surface area contributed by atoms with Crippen molar-refractivity contribution in [2.45, 2.75) is 44.7 Å². The first-order valence-electron chi connectivity index (χ1n) is 8.78. The van der Waals surface area contributed by atoms with Crippen molar-refractivity contribution in [3.05, 3.63) is 18.3 Å². The van der Waals surface area contributed by atoms with Crippen molar-refractivity contribution >= 4 is 23.7 Å². The molecule has 0 atom stereocenters. The number of nitrogens with zero attached hydrogens (tertiary/aromatic N) is 4. The molecule has 1 aromatic rings. The molecule has 2 aliphatic rings. The van der Waals surface area contributed by atoms with Crippen LogP contribution < -0.4 is 9.64 Å². The quantitative estimate of drug-likeness (QED) is 0.794. The van der Waals surface area contributed by atoms with Crippen molar-refractivity contribution in [3.63, 3.8) is 0 Å². The third kappa shape index (κ3) is 2.96. The standard InChI is InChI=1S/C18H24N4O5/c1-17(2,3)22-14(23)18(6-9-20(10-7-18)16(25)26)21(15(22)24)12-5-8-19-13(11-12)27-4/h5,8,11H,6-7,9-10H2,1-4H3,(H,25,26). The number of rotatable bonds is 2. The van der Waals surface area contributed by atoms with Gasteiger partial charge in [0.05, 0.1) is 12.8 Å². The second-order valence-corrected chi connectivity index (χ2v) is 7.79. The molecule has 1 spiro atoms. The molecule has 0 aliphatic carbocycles. The van der Waals surface area contributed by atoms with Gasteiger partial charge in [-0.1, -0.05) is 0 Å². The number of carbonyl (C=O) groups excluding carboxylic acids is 2. The molecule has 2 saturated heterocycles. The molecule has 9 heteroatoms. The van der Waals surface area contributed by atoms with Gasteiger partial charge in [-0.3, -0.25) is 14.6 Å². The van der Waals surface area contributed by atoms with Crippen LogP contribution in [0.5, 0.6) is 5.88 Å². The summed E-state index contributed by atoms with van der Waals surface area (Å²) in [6, 6.07) is 2.86. The molecule has 1 aromatic heterocycles. The van der Waals surface area contributed by atoms with E-state index in [9.17, 15) is 19.5 Å². The first-order chi connectivity index (χ1) is 12.6. The summed E-state index contributed by atoms with van der Waals surface area (Å²) in [5.41, 5.74) is -1.30. The van der Waals surface area contributed by atoms with Gasteiger partial charge in [0.2, 0.25) is 5.88 Å². The van der Waals surface area contributed by atoms with Gasteiger partial charge in [0.15, 0.2) is 0 Å². The first kappa shape index (κ1) is 18.9. The van der Waals surface area contributed by atoms with Crippen LogP contribution in [0, 0.1) is 0 Å². The Balaban J connectivity index is 2.08. The Bertz CT molecular complexity index is 780. The highest BCUT2D eigenvalue weighted by atomic mass is 16.5. The molecule has 0 bridgehead atoms. The van der Waals surface area contributed by atoms with E-state index in [0.29, 0.717) is 11.6 Å². The van der Waals surface area contributed by atoms with E-state index in [2.05, 4.69) is 4.98 Å². The number of anilines is 1. The Morgan fingerprint density at radius 1 is 1.26 bits per heavy atom. The maximum atomic E-state index is 13.4. The fourth-order valence-corrected chi connectivity index (χ4v) is 3.78. The molecule has 1 N–H and O–H groups in total. The minimum atomic E-state index is -1.11. The van der Waals surface area contributed by atoms with Crippen LogP contribution in [0.3, 0.4) is 0 Å². The Labute approximate surface area is 157 Å². The zero-order valence-corrected chi connectivity index (χ0v) is 15.9. The number of ether oxygens (including phenoxy) is 1. The molecular formula is C18H24N4O5. The molecule has 3 rings (SSSR count). The molecule has 0 radical (unpaired) electrons. The summed E-state index contributed by atoms with van der Waals surface area (Å²) in [6.07, 6.45) is 0.972. The van der Waals surface area contributed by atoms with Crippen molar-refractivity contribution < 1.29 is 24.2 Å². The van der Waals surface area contributed by atoms with Crippen LogP contribution in [0.1, 0.15) is 33.6 Å². The molecule has 9 nitrogen and oxygen atoms in total. The summed E-state index contributed by atoms with van der Waals surface area (Å²) in [5.74, 6) is 0.0425. The summed E-state index contributed by atoms with van der Waals surface area (Å²) in [4.78, 5) is 46.1. The number of piperidine rings is 1. The third-order valence-corrected chi connectivity index (χ3v) is 5.13. The first-order valence-corrected chi connectivity index (χ1v) is 8.78. The lowest BCUT2D eigenvalue weighted by molar-refractivity contribution is -0.135. The number of likely N-dealkylation sites (tertiary alicyclic amines) is 1. The lowest BCUT2D eigenvalue weighted by atomic mass is 9.85. The molecule has 0 unspecified atom stereocenters. The summed E-state index contributed by atoms with van der Waals surface area (Å²) < 4.78 is 5.16. The average Bonchev–Trinajstić information content (AvgIpc) is 2.82. The van der Waals surface area contributed by atoms with E-state index in [1.54, 1.807) is 32.9 Å². The number of pyridine rings is 1. The SMILES string of the molecule is COc1cc(N2C(=O)N(C(C)(C)C)C(=O)C23CCN(C(=O)O)CC3)ccn1. The zero-order chi connectivity index (χ0) is 20.0. The van der Waals surface area contributed by atoms with E-state index < -0.39 is 23.2 Å². The van der Waals surface area contributed by atoms with Crippen molar-refractivity contribution in [2.24, 2.45) is 0 Å². The van der Waals surface area contributed by atoms with Crippen LogP contribution in [0.15, 0.2) is 18.3 Å². The van der Waals surface area contributed by atoms with E-state index in [1.807, 2.05) is 0 Å². The van der Waals surface area contributed by atoms with Gasteiger partial charge in [-0.25, -0.2) is 14.6 Å². The fourth-order valence-electron chi connectivity index (χ4n) is 3.78. The highest BCUT2D eigenvalue weighted by molar-refractivity contribution is 6.17. The average molecular weight is 376 g/mol. The number of aromatic nitrogens is 1. The fraction of sp³-hybridized carbons (Fsp3) is 0.556. The van der Waals surface area contributed by atoms with Gasteiger partial charge in [-0.15, -0.1) is 0 Å². The molecule has 4 amide bonds. The third-order valence-electron chi connectivity index (χ3n) is 5.13. The predicted molar refractivity (Wildman–Crippen MR) is 96.8 cm³/mol. The molecule has 2 fully saturated rings. The van der Waals surface area contributed by atoms with Crippen molar-refractivity contribution in [1.29, 1.82) is 0 Å². The molecule has 2 aliphatic heterocycles. The van der Waals surface area contributed by atoms with Crippen LogP contribution >= 0.6 is 0 Å². The predicted octanol–water partition coefficient (Wildman–Crippen LogP) is 2.17. The summed E-state index contributed by atoms with van der Waals surface area (Å²) >= 11 is 0. The molecule has 0 saturated carbocycles. The van der Waals surface area contributed by atoms with Crippen molar-refractivity contribution in [2.75, 3.05) is 25.1 Å². The minimum absolute atomic E-state index is 0.186. The van der Waals surface area contributed by atoms with Crippen LogP contribution in [-0.4, -0.2) is 69.2 Å². The lowest BCUT2D eigenvalue weighted by Crippen LogP contribution is -2.58.